The van der Waals surface area contributed by atoms with Gasteiger partial charge in [-0.05, 0) is 53.5 Å². The third-order valence-electron chi connectivity index (χ3n) is 4.04. The van der Waals surface area contributed by atoms with Crippen molar-refractivity contribution >= 4 is 0 Å². The first-order chi connectivity index (χ1) is 9.81. The average molecular weight is 290 g/mol. The van der Waals surface area contributed by atoms with E-state index in [1.165, 1.54) is 5.56 Å². The zero-order valence-electron chi connectivity index (χ0n) is 14.1. The predicted molar refractivity (Wildman–Crippen MR) is 88.8 cm³/mol. The Morgan fingerprint density at radius 3 is 2.38 bits per heavy atom. The predicted octanol–water partition coefficient (Wildman–Crippen LogP) is 3.48. The second-order valence-electron chi connectivity index (χ2n) is 7.42. The van der Waals surface area contributed by atoms with Crippen molar-refractivity contribution in [2.45, 2.75) is 71.1 Å². The zero-order valence-corrected chi connectivity index (χ0v) is 14.1. The lowest BCUT2D eigenvalue weighted by Gasteiger charge is -2.46. The van der Waals surface area contributed by atoms with Crippen LogP contribution in [0.1, 0.15) is 53.0 Å². The summed E-state index contributed by atoms with van der Waals surface area (Å²) in [6.45, 7) is 12.8. The third-order valence-corrected chi connectivity index (χ3v) is 4.04. The van der Waals surface area contributed by atoms with E-state index in [1.807, 2.05) is 13.0 Å². The van der Waals surface area contributed by atoms with E-state index in [4.69, 9.17) is 4.74 Å². The van der Waals surface area contributed by atoms with Crippen molar-refractivity contribution in [3.8, 4) is 5.75 Å². The van der Waals surface area contributed by atoms with Crippen LogP contribution in [0, 0.1) is 0 Å². The van der Waals surface area contributed by atoms with Crippen LogP contribution in [0.2, 0.25) is 0 Å². The molecule has 1 saturated heterocycles. The Kier molecular flexibility index (Phi) is 4.95. The SMILES string of the molecule is CCOc1ccccc1CNC1CC(C)(C)NC(C)(C)C1. The molecule has 0 amide bonds. The molecule has 1 aliphatic rings. The van der Waals surface area contributed by atoms with Gasteiger partial charge < -0.3 is 15.4 Å². The van der Waals surface area contributed by atoms with E-state index in [0.29, 0.717) is 12.6 Å². The molecule has 1 fully saturated rings. The molecule has 0 radical (unpaired) electrons. The van der Waals surface area contributed by atoms with E-state index in [9.17, 15) is 0 Å². The van der Waals surface area contributed by atoms with Gasteiger partial charge in [-0.15, -0.1) is 0 Å². The number of nitrogens with one attached hydrogen (secondary N) is 2. The molecule has 1 aromatic carbocycles. The smallest absolute Gasteiger partial charge is 0.123 e. The Morgan fingerprint density at radius 2 is 1.76 bits per heavy atom. The molecule has 118 valence electrons. The van der Waals surface area contributed by atoms with Gasteiger partial charge in [-0.1, -0.05) is 18.2 Å². The quantitative estimate of drug-likeness (QED) is 0.871. The van der Waals surface area contributed by atoms with Crippen molar-refractivity contribution in [3.63, 3.8) is 0 Å². The summed E-state index contributed by atoms with van der Waals surface area (Å²) in [5.41, 5.74) is 1.60. The van der Waals surface area contributed by atoms with Crippen molar-refractivity contribution < 1.29 is 4.74 Å². The molecule has 2 rings (SSSR count). The summed E-state index contributed by atoms with van der Waals surface area (Å²) in [5, 5.41) is 7.46. The van der Waals surface area contributed by atoms with E-state index < -0.39 is 0 Å². The van der Waals surface area contributed by atoms with Crippen LogP contribution in [0.15, 0.2) is 24.3 Å². The first kappa shape index (κ1) is 16.3. The zero-order chi connectivity index (χ0) is 15.5. The van der Waals surface area contributed by atoms with E-state index in [2.05, 4.69) is 56.5 Å². The van der Waals surface area contributed by atoms with Gasteiger partial charge in [0.05, 0.1) is 6.61 Å². The lowest BCUT2D eigenvalue weighted by Crippen LogP contribution is -2.61. The summed E-state index contributed by atoms with van der Waals surface area (Å²) in [4.78, 5) is 0. The third kappa shape index (κ3) is 4.72. The molecule has 2 N–H and O–H groups in total. The summed E-state index contributed by atoms with van der Waals surface area (Å²) in [6, 6.07) is 8.85. The van der Waals surface area contributed by atoms with Gasteiger partial charge in [0.15, 0.2) is 0 Å². The Morgan fingerprint density at radius 1 is 1.14 bits per heavy atom. The van der Waals surface area contributed by atoms with Crippen molar-refractivity contribution in [1.82, 2.24) is 10.6 Å². The number of benzene rings is 1. The van der Waals surface area contributed by atoms with Gasteiger partial charge in [0.1, 0.15) is 5.75 Å². The molecule has 1 heterocycles. The molecule has 0 saturated carbocycles. The van der Waals surface area contributed by atoms with Crippen LogP contribution in [0.5, 0.6) is 5.75 Å². The Hall–Kier alpha value is -1.06. The van der Waals surface area contributed by atoms with Crippen molar-refractivity contribution in [1.29, 1.82) is 0 Å². The summed E-state index contributed by atoms with van der Waals surface area (Å²) in [6.07, 6.45) is 2.29. The highest BCUT2D eigenvalue weighted by Gasteiger charge is 2.37. The maximum absolute atomic E-state index is 5.71. The van der Waals surface area contributed by atoms with Crippen molar-refractivity contribution in [2.24, 2.45) is 0 Å². The molecule has 0 spiro atoms. The normalized spacial score (nSPS) is 21.2. The number of piperidine rings is 1. The second kappa shape index (κ2) is 6.37. The standard InChI is InChI=1S/C18H30N2O/c1-6-21-16-10-8-7-9-14(16)13-19-15-11-17(2,3)20-18(4,5)12-15/h7-10,15,19-20H,6,11-13H2,1-5H3. The number of para-hydroxylation sites is 1. The molecular weight excluding hydrogens is 260 g/mol. The molecule has 1 aromatic rings. The van der Waals surface area contributed by atoms with E-state index in [0.717, 1.165) is 25.1 Å². The molecule has 0 unspecified atom stereocenters. The number of hydrogen-bond donors (Lipinski definition) is 2. The lowest BCUT2D eigenvalue weighted by molar-refractivity contribution is 0.145. The monoisotopic (exact) mass is 290 g/mol. The fraction of sp³-hybridized carbons (Fsp3) is 0.667. The molecular formula is C18H30N2O. The largest absolute Gasteiger partial charge is 0.494 e. The van der Waals surface area contributed by atoms with E-state index in [-0.39, 0.29) is 11.1 Å². The number of rotatable bonds is 5. The number of hydrogen-bond acceptors (Lipinski definition) is 3. The molecule has 21 heavy (non-hydrogen) atoms. The second-order valence-corrected chi connectivity index (χ2v) is 7.42. The minimum Gasteiger partial charge on any atom is -0.494 e. The topological polar surface area (TPSA) is 33.3 Å². The van der Waals surface area contributed by atoms with Crippen LogP contribution < -0.4 is 15.4 Å². The van der Waals surface area contributed by atoms with Crippen LogP contribution in [0.4, 0.5) is 0 Å². The maximum atomic E-state index is 5.71. The average Bonchev–Trinajstić information content (AvgIpc) is 2.34. The van der Waals surface area contributed by atoms with E-state index >= 15 is 0 Å². The fourth-order valence-corrected chi connectivity index (χ4v) is 3.67. The van der Waals surface area contributed by atoms with Gasteiger partial charge in [-0.2, -0.15) is 0 Å². The summed E-state index contributed by atoms with van der Waals surface area (Å²) in [7, 11) is 0. The fourth-order valence-electron chi connectivity index (χ4n) is 3.67. The first-order valence-electron chi connectivity index (χ1n) is 8.05. The lowest BCUT2D eigenvalue weighted by atomic mass is 9.79. The maximum Gasteiger partial charge on any atom is 0.123 e. The van der Waals surface area contributed by atoms with Crippen LogP contribution in [-0.2, 0) is 6.54 Å². The van der Waals surface area contributed by atoms with Gasteiger partial charge in [-0.25, -0.2) is 0 Å². The summed E-state index contributed by atoms with van der Waals surface area (Å²) in [5.74, 6) is 1.000. The molecule has 0 bridgehead atoms. The minimum absolute atomic E-state index is 0.179. The highest BCUT2D eigenvalue weighted by atomic mass is 16.5. The van der Waals surface area contributed by atoms with Gasteiger partial charge in [0, 0.05) is 29.2 Å². The van der Waals surface area contributed by atoms with Gasteiger partial charge >= 0.3 is 0 Å². The first-order valence-corrected chi connectivity index (χ1v) is 8.05. The van der Waals surface area contributed by atoms with E-state index in [1.54, 1.807) is 0 Å². The van der Waals surface area contributed by atoms with Crippen LogP contribution in [0.3, 0.4) is 0 Å². The minimum atomic E-state index is 0.179. The van der Waals surface area contributed by atoms with Gasteiger partial charge in [-0.3, -0.25) is 0 Å². The summed E-state index contributed by atoms with van der Waals surface area (Å²) >= 11 is 0. The van der Waals surface area contributed by atoms with Gasteiger partial charge in [0.2, 0.25) is 0 Å². The van der Waals surface area contributed by atoms with Crippen LogP contribution >= 0.6 is 0 Å². The van der Waals surface area contributed by atoms with Crippen LogP contribution in [0.25, 0.3) is 0 Å². The molecule has 0 atom stereocenters. The van der Waals surface area contributed by atoms with Crippen molar-refractivity contribution in [3.05, 3.63) is 29.8 Å². The highest BCUT2D eigenvalue weighted by Crippen LogP contribution is 2.29. The molecule has 0 aromatic heterocycles. The Labute approximate surface area is 129 Å². The molecule has 3 heteroatoms. The van der Waals surface area contributed by atoms with Crippen LogP contribution in [-0.4, -0.2) is 23.7 Å². The highest BCUT2D eigenvalue weighted by molar-refractivity contribution is 5.33. The Balaban J connectivity index is 1.99. The van der Waals surface area contributed by atoms with Gasteiger partial charge in [0.25, 0.3) is 0 Å². The summed E-state index contributed by atoms with van der Waals surface area (Å²) < 4.78 is 5.71. The van der Waals surface area contributed by atoms with Crippen molar-refractivity contribution in [2.75, 3.05) is 6.61 Å². The number of ether oxygens (including phenoxy) is 1. The molecule has 3 nitrogen and oxygen atoms in total. The molecule has 1 aliphatic heterocycles. The molecule has 0 aliphatic carbocycles. The Bertz CT molecular complexity index is 452.